The molecule has 1 atom stereocenters. The van der Waals surface area contributed by atoms with Gasteiger partial charge in [0.1, 0.15) is 0 Å². The lowest BCUT2D eigenvalue weighted by molar-refractivity contribution is -0.0139. The van der Waals surface area contributed by atoms with E-state index >= 15 is 0 Å². The molecular weight excluding hydrogens is 432 g/mol. The van der Waals surface area contributed by atoms with Crippen molar-refractivity contribution in [1.82, 2.24) is 0 Å². The van der Waals surface area contributed by atoms with Crippen LogP contribution < -0.4 is 0 Å². The maximum Gasteiger partial charge on any atom is -0.0159 e. The van der Waals surface area contributed by atoms with E-state index in [1.165, 1.54) is 96.3 Å². The molecule has 0 aliphatic carbocycles. The third-order valence-corrected chi connectivity index (χ3v) is 11.5. The summed E-state index contributed by atoms with van der Waals surface area (Å²) in [6, 6.07) is 11.6. The standard InChI is InChI=1S/C36H66/c1-11-26-35(19-9,20-10)30-36(28-33(13-3,14-4)15-5,29-34(16-6,17-7)18-8)27-31(12-2)32-24-22-21-23-25-32/h21-25,31H,11-20,26-30H2,1-10H3. The van der Waals surface area contributed by atoms with Crippen LogP contribution in [0.3, 0.4) is 0 Å². The highest BCUT2D eigenvalue weighted by Gasteiger charge is 2.47. The summed E-state index contributed by atoms with van der Waals surface area (Å²) in [5.74, 6) is 0.658. The average molecular weight is 499 g/mol. The summed E-state index contributed by atoms with van der Waals surface area (Å²) in [6.07, 6.45) is 20.1. The van der Waals surface area contributed by atoms with Crippen molar-refractivity contribution in [2.24, 2.45) is 21.7 Å². The van der Waals surface area contributed by atoms with Gasteiger partial charge in [0.2, 0.25) is 0 Å². The van der Waals surface area contributed by atoms with Crippen LogP contribution in [-0.2, 0) is 0 Å². The molecule has 1 rings (SSSR count). The van der Waals surface area contributed by atoms with E-state index in [0.717, 1.165) is 0 Å². The molecule has 0 saturated heterocycles. The van der Waals surface area contributed by atoms with Crippen LogP contribution in [0.1, 0.15) is 177 Å². The third-order valence-electron chi connectivity index (χ3n) is 11.5. The van der Waals surface area contributed by atoms with Crippen LogP contribution in [0.5, 0.6) is 0 Å². The minimum absolute atomic E-state index is 0.391. The summed E-state index contributed by atoms with van der Waals surface area (Å²) in [7, 11) is 0. The van der Waals surface area contributed by atoms with Crippen molar-refractivity contribution in [2.45, 2.75) is 171 Å². The molecule has 36 heavy (non-hydrogen) atoms. The van der Waals surface area contributed by atoms with Crippen molar-refractivity contribution in [1.29, 1.82) is 0 Å². The van der Waals surface area contributed by atoms with Crippen molar-refractivity contribution >= 4 is 0 Å². The Morgan fingerprint density at radius 2 is 0.889 bits per heavy atom. The summed E-state index contributed by atoms with van der Waals surface area (Å²) in [6.45, 7) is 24.8. The molecule has 0 aliphatic heterocycles. The largest absolute Gasteiger partial charge is 0.0654 e. The van der Waals surface area contributed by atoms with Gasteiger partial charge in [-0.25, -0.2) is 0 Å². The van der Waals surface area contributed by atoms with Gasteiger partial charge in [-0.05, 0) is 71.7 Å². The summed E-state index contributed by atoms with van der Waals surface area (Å²) in [5, 5.41) is 0. The highest BCUT2D eigenvalue weighted by Crippen LogP contribution is 2.59. The summed E-state index contributed by atoms with van der Waals surface area (Å²) in [5.41, 5.74) is 3.38. The first kappa shape index (κ1) is 33.2. The normalized spacial score (nSPS) is 14.3. The molecule has 1 aromatic rings. The Hall–Kier alpha value is -0.780. The van der Waals surface area contributed by atoms with E-state index in [-0.39, 0.29) is 0 Å². The molecule has 0 fully saturated rings. The van der Waals surface area contributed by atoms with Gasteiger partial charge in [0.25, 0.3) is 0 Å². The van der Waals surface area contributed by atoms with E-state index in [4.69, 9.17) is 0 Å². The molecule has 0 saturated carbocycles. The molecule has 1 unspecified atom stereocenters. The number of hydrogen-bond donors (Lipinski definition) is 0. The zero-order valence-electron chi connectivity index (χ0n) is 26.6. The van der Waals surface area contributed by atoms with Crippen LogP contribution in [0, 0.1) is 21.7 Å². The maximum absolute atomic E-state index is 2.50. The molecule has 210 valence electrons. The molecule has 0 amide bonds. The Balaban J connectivity index is 3.85. The van der Waals surface area contributed by atoms with E-state index in [1.807, 2.05) is 0 Å². The molecule has 0 heteroatoms. The Morgan fingerprint density at radius 3 is 1.22 bits per heavy atom. The highest BCUT2D eigenvalue weighted by molar-refractivity contribution is 5.20. The van der Waals surface area contributed by atoms with Crippen molar-refractivity contribution < 1.29 is 0 Å². The predicted molar refractivity (Wildman–Crippen MR) is 165 cm³/mol. The third kappa shape index (κ3) is 8.36. The van der Waals surface area contributed by atoms with Crippen LogP contribution in [0.2, 0.25) is 0 Å². The molecule has 0 heterocycles. The molecule has 0 nitrogen and oxygen atoms in total. The first-order valence-electron chi connectivity index (χ1n) is 16.2. The van der Waals surface area contributed by atoms with E-state index < -0.39 is 0 Å². The number of rotatable bonds is 20. The van der Waals surface area contributed by atoms with Crippen LogP contribution in [0.25, 0.3) is 0 Å². The summed E-state index contributed by atoms with van der Waals surface area (Å²) in [4.78, 5) is 0. The smallest absolute Gasteiger partial charge is 0.0159 e. The fraction of sp³-hybridized carbons (Fsp3) is 0.833. The fourth-order valence-corrected chi connectivity index (χ4v) is 8.26. The zero-order chi connectivity index (χ0) is 27.3. The summed E-state index contributed by atoms with van der Waals surface area (Å²) >= 11 is 0. The molecule has 0 spiro atoms. The first-order chi connectivity index (χ1) is 17.2. The van der Waals surface area contributed by atoms with Crippen molar-refractivity contribution in [3.8, 4) is 0 Å². The lowest BCUT2D eigenvalue weighted by Gasteiger charge is -2.53. The first-order valence-corrected chi connectivity index (χ1v) is 16.2. The van der Waals surface area contributed by atoms with E-state index in [0.29, 0.717) is 27.6 Å². The second kappa shape index (κ2) is 15.6. The van der Waals surface area contributed by atoms with Crippen LogP contribution >= 0.6 is 0 Å². The maximum atomic E-state index is 2.50. The van der Waals surface area contributed by atoms with E-state index in [1.54, 1.807) is 5.56 Å². The Morgan fingerprint density at radius 1 is 0.500 bits per heavy atom. The van der Waals surface area contributed by atoms with Gasteiger partial charge in [-0.2, -0.15) is 0 Å². The van der Waals surface area contributed by atoms with Crippen molar-refractivity contribution in [3.63, 3.8) is 0 Å². The van der Waals surface area contributed by atoms with E-state index in [2.05, 4.69) is 99.6 Å². The molecule has 0 N–H and O–H groups in total. The number of hydrogen-bond acceptors (Lipinski definition) is 0. The predicted octanol–water partition coefficient (Wildman–Crippen LogP) is 12.8. The Labute approximate surface area is 228 Å². The van der Waals surface area contributed by atoms with Crippen LogP contribution in [0.4, 0.5) is 0 Å². The van der Waals surface area contributed by atoms with Gasteiger partial charge in [0, 0.05) is 0 Å². The van der Waals surface area contributed by atoms with Gasteiger partial charge < -0.3 is 0 Å². The second-order valence-corrected chi connectivity index (χ2v) is 12.8. The summed E-state index contributed by atoms with van der Waals surface area (Å²) < 4.78 is 0. The Kier molecular flexibility index (Phi) is 14.4. The zero-order valence-corrected chi connectivity index (χ0v) is 26.6. The second-order valence-electron chi connectivity index (χ2n) is 12.8. The van der Waals surface area contributed by atoms with Crippen LogP contribution in [0.15, 0.2) is 30.3 Å². The van der Waals surface area contributed by atoms with Gasteiger partial charge >= 0.3 is 0 Å². The van der Waals surface area contributed by atoms with Gasteiger partial charge in [-0.15, -0.1) is 0 Å². The van der Waals surface area contributed by atoms with Crippen molar-refractivity contribution in [2.75, 3.05) is 0 Å². The average Bonchev–Trinajstić information content (AvgIpc) is 2.94. The van der Waals surface area contributed by atoms with Gasteiger partial charge in [0.05, 0.1) is 0 Å². The minimum atomic E-state index is 0.391. The SMILES string of the molecule is CCCC(CC)(CC)CC(CC(CC)c1ccccc1)(CC(CC)(CC)CC)CC(CC)(CC)CC. The molecule has 0 radical (unpaired) electrons. The topological polar surface area (TPSA) is 0 Å². The van der Waals surface area contributed by atoms with E-state index in [9.17, 15) is 0 Å². The molecule has 0 aromatic heterocycles. The van der Waals surface area contributed by atoms with Crippen molar-refractivity contribution in [3.05, 3.63) is 35.9 Å². The highest BCUT2D eigenvalue weighted by atomic mass is 14.5. The Bertz CT molecular complexity index is 633. The van der Waals surface area contributed by atoms with Gasteiger partial charge in [-0.3, -0.25) is 0 Å². The van der Waals surface area contributed by atoms with Gasteiger partial charge in [-0.1, -0.05) is 157 Å². The fourth-order valence-electron chi connectivity index (χ4n) is 8.26. The quantitative estimate of drug-likeness (QED) is 0.168. The monoisotopic (exact) mass is 499 g/mol. The molecule has 0 aliphatic rings. The molecule has 1 aromatic carbocycles. The molecule has 0 bridgehead atoms. The lowest BCUT2D eigenvalue weighted by atomic mass is 9.52. The minimum Gasteiger partial charge on any atom is -0.0654 e. The lowest BCUT2D eigenvalue weighted by Crippen LogP contribution is -2.41. The molecular formula is C36H66. The van der Waals surface area contributed by atoms with Gasteiger partial charge in [0.15, 0.2) is 0 Å². The van der Waals surface area contributed by atoms with Crippen LogP contribution in [-0.4, -0.2) is 0 Å². The number of benzene rings is 1.